The molecule has 2 N–H and O–H groups in total. The number of benzene rings is 2. The molecule has 2 aliphatic rings. The summed E-state index contributed by atoms with van der Waals surface area (Å²) < 4.78 is 61.8. The van der Waals surface area contributed by atoms with E-state index in [0.717, 1.165) is 37.2 Å². The number of amides is 1. The highest BCUT2D eigenvalue weighted by Gasteiger charge is 2.46. The minimum absolute atomic E-state index is 0.00204. The summed E-state index contributed by atoms with van der Waals surface area (Å²) in [5.74, 6) is -0.547. The summed E-state index contributed by atoms with van der Waals surface area (Å²) >= 11 is 9.73. The van der Waals surface area contributed by atoms with Crippen LogP contribution in [0.5, 0.6) is 0 Å². The van der Waals surface area contributed by atoms with E-state index in [9.17, 15) is 22.6 Å². The monoisotopic (exact) mass is 1410 g/mol. The van der Waals surface area contributed by atoms with Gasteiger partial charge in [-0.05, 0) is 188 Å². The molecule has 0 radical (unpaired) electrons. The van der Waals surface area contributed by atoms with Crippen molar-refractivity contribution in [3.8, 4) is 0 Å². The zero-order chi connectivity index (χ0) is 50.3. The maximum Gasteiger partial charge on any atom is 0.308 e. The van der Waals surface area contributed by atoms with Gasteiger partial charge in [0, 0.05) is 68.3 Å². The van der Waals surface area contributed by atoms with E-state index in [1.807, 2.05) is 26.8 Å². The summed E-state index contributed by atoms with van der Waals surface area (Å²) in [6.45, 7) is 17.9. The molecule has 1 atom stereocenters. The van der Waals surface area contributed by atoms with Crippen molar-refractivity contribution >= 4 is 129 Å². The maximum atomic E-state index is 12.7. The molecule has 0 bridgehead atoms. The van der Waals surface area contributed by atoms with Crippen LogP contribution in [0.1, 0.15) is 110 Å². The fraction of sp³-hybridized carbons (Fsp3) is 0.549. The molecule has 68 heavy (non-hydrogen) atoms. The fourth-order valence-corrected chi connectivity index (χ4v) is 13.9. The third-order valence-corrected chi connectivity index (χ3v) is 16.6. The lowest BCUT2D eigenvalue weighted by atomic mass is 9.77. The zero-order valence-electron chi connectivity index (χ0n) is 40.8. The lowest BCUT2D eigenvalue weighted by Crippen LogP contribution is -2.30. The van der Waals surface area contributed by atoms with Crippen molar-refractivity contribution in [3.05, 3.63) is 97.4 Å². The zero-order valence-corrected chi connectivity index (χ0v) is 50.3. The van der Waals surface area contributed by atoms with Crippen LogP contribution >= 0.6 is 90.4 Å². The number of hydrogen-bond donors (Lipinski definition) is 2. The molecule has 2 aromatic rings. The van der Waals surface area contributed by atoms with Crippen molar-refractivity contribution in [1.82, 2.24) is 5.32 Å². The molecular formula is C51H70I4N3O9S+. The summed E-state index contributed by atoms with van der Waals surface area (Å²) in [5.41, 5.74) is 7.61. The van der Waals surface area contributed by atoms with Crippen LogP contribution < -0.4 is 10.2 Å². The molecule has 12 nitrogen and oxygen atoms in total. The van der Waals surface area contributed by atoms with Crippen molar-refractivity contribution in [2.45, 2.75) is 116 Å². The first kappa shape index (κ1) is 59.1. The Balaban J connectivity index is 1.32. The second-order valence-electron chi connectivity index (χ2n) is 18.8. The molecule has 0 spiro atoms. The molecule has 376 valence electrons. The quantitative estimate of drug-likeness (QED) is 0.0222. The number of ether oxygens (including phenoxy) is 4. The largest absolute Gasteiger partial charge is 0.460 e. The highest BCUT2D eigenvalue weighted by Crippen LogP contribution is 2.54. The Morgan fingerprint density at radius 3 is 2.13 bits per heavy atom. The first-order chi connectivity index (χ1) is 32.0. The van der Waals surface area contributed by atoms with Gasteiger partial charge in [-0.25, -0.2) is 0 Å². The molecule has 1 unspecified atom stereocenters. The van der Waals surface area contributed by atoms with Gasteiger partial charge >= 0.3 is 5.97 Å². The highest BCUT2D eigenvalue weighted by atomic mass is 127. The molecule has 2 aromatic carbocycles. The van der Waals surface area contributed by atoms with E-state index in [1.165, 1.54) is 42.4 Å². The van der Waals surface area contributed by atoms with E-state index in [2.05, 4.69) is 195 Å². The van der Waals surface area contributed by atoms with Gasteiger partial charge in [0.15, 0.2) is 5.71 Å². The number of anilines is 1. The van der Waals surface area contributed by atoms with Gasteiger partial charge in [0.1, 0.15) is 12.6 Å². The molecule has 1 amide bonds. The number of fused-ring (bicyclic) bond motifs is 2. The second kappa shape index (κ2) is 27.5. The van der Waals surface area contributed by atoms with Crippen molar-refractivity contribution in [1.29, 1.82) is 0 Å². The third kappa shape index (κ3) is 17.6. The average Bonchev–Trinajstić information content (AvgIpc) is 3.58. The van der Waals surface area contributed by atoms with E-state index >= 15 is 0 Å². The predicted octanol–water partition coefficient (Wildman–Crippen LogP) is 11.3. The summed E-state index contributed by atoms with van der Waals surface area (Å²) in [7, 11) is -1.92. The summed E-state index contributed by atoms with van der Waals surface area (Å²) in [5, 5.41) is 2.96. The Bertz CT molecular complexity index is 2360. The molecule has 2 heterocycles. The van der Waals surface area contributed by atoms with E-state index in [1.54, 1.807) is 0 Å². The number of nitrogens with zero attached hydrogens (tertiary/aromatic N) is 2. The lowest BCUT2D eigenvalue weighted by molar-refractivity contribution is -0.401. The summed E-state index contributed by atoms with van der Waals surface area (Å²) in [6, 6.07) is 6.76. The van der Waals surface area contributed by atoms with Gasteiger partial charge in [0.05, 0.1) is 62.8 Å². The first-order valence-corrected chi connectivity index (χ1v) is 29.2. The Morgan fingerprint density at radius 1 is 0.809 bits per heavy atom. The van der Waals surface area contributed by atoms with Gasteiger partial charge in [-0.2, -0.15) is 13.0 Å². The number of hydrogen-bond acceptors (Lipinski definition) is 9. The molecule has 4 rings (SSSR count). The van der Waals surface area contributed by atoms with Crippen LogP contribution in [0.4, 0.5) is 11.4 Å². The summed E-state index contributed by atoms with van der Waals surface area (Å²) in [4.78, 5) is 26.9. The number of carbonyl (C=O) groups excluding carboxylic acids is 2. The number of rotatable bonds is 27. The fourth-order valence-electron chi connectivity index (χ4n) is 8.63. The Hall–Kier alpha value is -1.48. The SMILES string of the molecule is Cc1c(I)cc2c(c1I)C(C)(CCCCS(=O)(=O)O)C(=CC=CC=CC=CC1=[N+](C)c3cc(I)cc(I)c3C1(C)C)N2CCCCCC(=O)NCCOCCOCCOCCC(=O)OC(C)(C)C. The van der Waals surface area contributed by atoms with Crippen LogP contribution in [0.2, 0.25) is 0 Å². The van der Waals surface area contributed by atoms with Crippen LogP contribution in [0.15, 0.2) is 66.4 Å². The van der Waals surface area contributed by atoms with Gasteiger partial charge in [-0.3, -0.25) is 14.1 Å². The number of halogens is 4. The standard InChI is InChI=1S/C51H69I4N3O9S/c1-36-38(53)35-41-47(48(36)55)51(7,23-16-18-32-68(61,62)63)43(20-14-11-9-10-13-19-42-50(5,6)46-39(54)33-37(52)34-40(46)57(42)8)58(41)25-17-12-15-21-44(59)56-24-27-65-29-31-66-30-28-64-26-22-45(60)67-49(2,3)4/h9-11,13-14,19-20,33-35H,12,15-18,21-32H2,1-8H3,(H-,56,59,61,62,63)/p+1. The maximum absolute atomic E-state index is 12.7. The molecule has 0 aromatic heterocycles. The van der Waals surface area contributed by atoms with E-state index in [4.69, 9.17) is 18.9 Å². The lowest BCUT2D eigenvalue weighted by Gasteiger charge is -2.31. The second-order valence-corrected chi connectivity index (χ2v) is 25.0. The highest BCUT2D eigenvalue weighted by molar-refractivity contribution is 14.1. The van der Waals surface area contributed by atoms with Gasteiger partial charge in [-0.1, -0.05) is 43.2 Å². The van der Waals surface area contributed by atoms with Crippen LogP contribution in [0, 0.1) is 21.2 Å². The molecular weight excluding hydrogens is 1340 g/mol. The van der Waals surface area contributed by atoms with Crippen LogP contribution in [-0.2, 0) is 49.5 Å². The van der Waals surface area contributed by atoms with Crippen molar-refractivity contribution < 1.29 is 46.1 Å². The minimum Gasteiger partial charge on any atom is -0.460 e. The van der Waals surface area contributed by atoms with E-state index in [0.29, 0.717) is 65.3 Å². The third-order valence-electron chi connectivity index (χ3n) is 11.9. The number of nitrogens with one attached hydrogen (secondary N) is 1. The Kier molecular flexibility index (Phi) is 23.9. The van der Waals surface area contributed by atoms with Crippen LogP contribution in [0.25, 0.3) is 0 Å². The van der Waals surface area contributed by atoms with Crippen molar-refractivity contribution in [3.63, 3.8) is 0 Å². The summed E-state index contributed by atoms with van der Waals surface area (Å²) in [6.07, 6.45) is 19.6. The predicted molar refractivity (Wildman–Crippen MR) is 307 cm³/mol. The topological polar surface area (TPSA) is 144 Å². The molecule has 17 heteroatoms. The van der Waals surface area contributed by atoms with E-state index < -0.39 is 21.1 Å². The molecule has 2 aliphatic heterocycles. The average molecular weight is 1410 g/mol. The molecule has 0 saturated heterocycles. The minimum atomic E-state index is -4.06. The number of esters is 1. The first-order valence-electron chi connectivity index (χ1n) is 23.2. The molecule has 0 aliphatic carbocycles. The van der Waals surface area contributed by atoms with Crippen molar-refractivity contribution in [2.75, 3.05) is 70.4 Å². The Morgan fingerprint density at radius 2 is 1.46 bits per heavy atom. The van der Waals surface area contributed by atoms with Crippen molar-refractivity contribution in [2.24, 2.45) is 0 Å². The normalized spacial score (nSPS) is 17.7. The molecule has 0 saturated carbocycles. The number of unbranched alkanes of at least 4 members (excludes halogenated alkanes) is 3. The van der Waals surface area contributed by atoms with Gasteiger partial charge < -0.3 is 29.2 Å². The Labute approximate surface area is 460 Å². The molecule has 0 fully saturated rings. The number of allylic oxidation sites excluding steroid dienone is 8. The van der Waals surface area contributed by atoms with Gasteiger partial charge in [0.25, 0.3) is 10.1 Å². The number of carbonyl (C=O) groups is 2. The van der Waals surface area contributed by atoms with Crippen LogP contribution in [0.3, 0.4) is 0 Å². The smallest absolute Gasteiger partial charge is 0.308 e. The van der Waals surface area contributed by atoms with E-state index in [-0.39, 0.29) is 36.1 Å². The van der Waals surface area contributed by atoms with Gasteiger partial charge in [0.2, 0.25) is 11.6 Å². The van der Waals surface area contributed by atoms with Gasteiger partial charge in [-0.15, -0.1) is 0 Å². The van der Waals surface area contributed by atoms with Crippen LogP contribution in [-0.4, -0.2) is 106 Å².